The summed E-state index contributed by atoms with van der Waals surface area (Å²) in [6, 6.07) is 0. The van der Waals surface area contributed by atoms with Gasteiger partial charge in [-0.1, -0.05) is 11.6 Å². The molecule has 1 rings (SSSR count). The van der Waals surface area contributed by atoms with E-state index in [1.54, 1.807) is 21.2 Å². The number of carbonyl (C=O) groups is 1. The standard InChI is InChI=1S/C13H21N3O2S/c1-8(2)6-7-15-12-10(18-5)9(14)11(19-12)13(17)16(3)4/h6,15H,7,14H2,1-5H3. The molecule has 0 bridgehead atoms. The lowest BCUT2D eigenvalue weighted by atomic mass is 10.3. The first-order valence-corrected chi connectivity index (χ1v) is 6.75. The summed E-state index contributed by atoms with van der Waals surface area (Å²) in [6.45, 7) is 4.74. The van der Waals surface area contributed by atoms with E-state index < -0.39 is 0 Å². The van der Waals surface area contributed by atoms with Crippen LogP contribution < -0.4 is 15.8 Å². The fourth-order valence-electron chi connectivity index (χ4n) is 1.46. The number of methoxy groups -OCH3 is 1. The van der Waals surface area contributed by atoms with E-state index in [2.05, 4.69) is 11.4 Å². The predicted molar refractivity (Wildman–Crippen MR) is 81.2 cm³/mol. The van der Waals surface area contributed by atoms with Crippen molar-refractivity contribution in [1.82, 2.24) is 4.90 Å². The summed E-state index contributed by atoms with van der Waals surface area (Å²) >= 11 is 1.32. The molecule has 1 aromatic rings. The number of allylic oxidation sites excluding steroid dienone is 1. The smallest absolute Gasteiger partial charge is 0.265 e. The van der Waals surface area contributed by atoms with Crippen LogP contribution in [-0.4, -0.2) is 38.6 Å². The first-order chi connectivity index (χ1) is 8.88. The number of amides is 1. The minimum atomic E-state index is -0.115. The van der Waals surface area contributed by atoms with Crippen molar-refractivity contribution in [2.75, 3.05) is 38.8 Å². The lowest BCUT2D eigenvalue weighted by Crippen LogP contribution is -2.21. The van der Waals surface area contributed by atoms with Crippen molar-refractivity contribution in [1.29, 1.82) is 0 Å². The van der Waals surface area contributed by atoms with E-state index in [0.717, 1.165) is 5.00 Å². The Morgan fingerprint density at radius 3 is 2.58 bits per heavy atom. The largest absolute Gasteiger partial charge is 0.492 e. The van der Waals surface area contributed by atoms with Crippen LogP contribution in [0.1, 0.15) is 23.5 Å². The highest BCUT2D eigenvalue weighted by molar-refractivity contribution is 7.19. The molecule has 1 amide bonds. The molecule has 5 nitrogen and oxygen atoms in total. The fourth-order valence-corrected chi connectivity index (χ4v) is 2.58. The van der Waals surface area contributed by atoms with Crippen LogP contribution in [0.4, 0.5) is 10.7 Å². The van der Waals surface area contributed by atoms with Crippen LogP contribution in [0.25, 0.3) is 0 Å². The molecule has 0 saturated carbocycles. The molecular formula is C13H21N3O2S. The minimum Gasteiger partial charge on any atom is -0.492 e. The molecular weight excluding hydrogens is 262 g/mol. The number of hydrogen-bond donors (Lipinski definition) is 2. The number of nitrogens with one attached hydrogen (secondary N) is 1. The van der Waals surface area contributed by atoms with E-state index in [1.165, 1.54) is 21.8 Å². The van der Waals surface area contributed by atoms with Crippen molar-refractivity contribution >= 4 is 27.9 Å². The highest BCUT2D eigenvalue weighted by Gasteiger charge is 2.22. The Morgan fingerprint density at radius 1 is 1.47 bits per heavy atom. The maximum absolute atomic E-state index is 12.0. The van der Waals surface area contributed by atoms with Gasteiger partial charge in [-0.2, -0.15) is 0 Å². The maximum Gasteiger partial charge on any atom is 0.265 e. The number of carbonyl (C=O) groups excluding carboxylic acids is 1. The zero-order valence-corrected chi connectivity index (χ0v) is 12.9. The molecule has 106 valence electrons. The number of thiophene rings is 1. The Morgan fingerprint density at radius 2 is 2.11 bits per heavy atom. The number of nitrogens with zero attached hydrogens (tertiary/aromatic N) is 1. The second-order valence-corrected chi connectivity index (χ2v) is 5.59. The zero-order chi connectivity index (χ0) is 14.6. The molecule has 19 heavy (non-hydrogen) atoms. The molecule has 1 aromatic heterocycles. The number of ether oxygens (including phenoxy) is 1. The molecule has 1 heterocycles. The Labute approximate surface area is 118 Å². The van der Waals surface area contributed by atoms with Gasteiger partial charge in [0.05, 0.1) is 7.11 Å². The summed E-state index contributed by atoms with van der Waals surface area (Å²) in [4.78, 5) is 14.0. The first kappa shape index (κ1) is 15.4. The van der Waals surface area contributed by atoms with Crippen LogP contribution in [0, 0.1) is 0 Å². The van der Waals surface area contributed by atoms with E-state index in [-0.39, 0.29) is 5.91 Å². The zero-order valence-electron chi connectivity index (χ0n) is 12.0. The number of nitrogen functional groups attached to an aromatic ring is 1. The summed E-state index contributed by atoms with van der Waals surface area (Å²) in [5.41, 5.74) is 7.58. The summed E-state index contributed by atoms with van der Waals surface area (Å²) in [6.07, 6.45) is 2.06. The maximum atomic E-state index is 12.0. The van der Waals surface area contributed by atoms with E-state index in [9.17, 15) is 4.79 Å². The van der Waals surface area contributed by atoms with Crippen LogP contribution in [0.2, 0.25) is 0 Å². The predicted octanol–water partition coefficient (Wildman–Crippen LogP) is 2.42. The molecule has 3 N–H and O–H groups in total. The van der Waals surface area contributed by atoms with E-state index >= 15 is 0 Å². The molecule has 0 saturated heterocycles. The SMILES string of the molecule is COc1c(NCC=C(C)C)sc(C(=O)N(C)C)c1N. The van der Waals surface area contributed by atoms with Crippen molar-refractivity contribution in [3.8, 4) is 5.75 Å². The number of anilines is 2. The Bertz CT molecular complexity index is 488. The van der Waals surface area contributed by atoms with E-state index in [0.29, 0.717) is 22.9 Å². The fraction of sp³-hybridized carbons (Fsp3) is 0.462. The van der Waals surface area contributed by atoms with Crippen LogP contribution >= 0.6 is 11.3 Å². The minimum absolute atomic E-state index is 0.115. The van der Waals surface area contributed by atoms with Gasteiger partial charge in [0.25, 0.3) is 5.91 Å². The van der Waals surface area contributed by atoms with Gasteiger partial charge in [0.15, 0.2) is 5.75 Å². The van der Waals surface area contributed by atoms with Gasteiger partial charge in [0.2, 0.25) is 0 Å². The molecule has 0 aliphatic rings. The van der Waals surface area contributed by atoms with Crippen LogP contribution in [0.5, 0.6) is 5.75 Å². The second-order valence-electron chi connectivity index (χ2n) is 4.57. The molecule has 0 spiro atoms. The molecule has 0 unspecified atom stereocenters. The molecule has 6 heteroatoms. The lowest BCUT2D eigenvalue weighted by Gasteiger charge is -2.08. The van der Waals surface area contributed by atoms with Gasteiger partial charge in [-0.15, -0.1) is 11.3 Å². The first-order valence-electron chi connectivity index (χ1n) is 5.93. The van der Waals surface area contributed by atoms with Crippen molar-refractivity contribution < 1.29 is 9.53 Å². The quantitative estimate of drug-likeness (QED) is 0.814. The van der Waals surface area contributed by atoms with Crippen molar-refractivity contribution in [2.45, 2.75) is 13.8 Å². The third-order valence-electron chi connectivity index (χ3n) is 2.48. The van der Waals surface area contributed by atoms with E-state index in [1.807, 2.05) is 13.8 Å². The summed E-state index contributed by atoms with van der Waals surface area (Å²) < 4.78 is 5.28. The number of nitrogens with two attached hydrogens (primary N) is 1. The molecule has 0 fully saturated rings. The van der Waals surface area contributed by atoms with Crippen molar-refractivity contribution in [2.24, 2.45) is 0 Å². The summed E-state index contributed by atoms with van der Waals surface area (Å²) in [7, 11) is 4.95. The number of hydrogen-bond acceptors (Lipinski definition) is 5. The molecule has 0 aromatic carbocycles. The van der Waals surface area contributed by atoms with Gasteiger partial charge in [0.1, 0.15) is 15.6 Å². The van der Waals surface area contributed by atoms with Crippen molar-refractivity contribution in [3.05, 3.63) is 16.5 Å². The Balaban J connectivity index is 3.02. The third kappa shape index (κ3) is 3.64. The van der Waals surface area contributed by atoms with Crippen molar-refractivity contribution in [3.63, 3.8) is 0 Å². The summed E-state index contributed by atoms with van der Waals surface area (Å²) in [5, 5.41) is 4.00. The molecule has 0 radical (unpaired) electrons. The van der Waals surface area contributed by atoms with Gasteiger partial charge in [-0.25, -0.2) is 0 Å². The average Bonchev–Trinajstić information content (AvgIpc) is 2.64. The topological polar surface area (TPSA) is 67.6 Å². The lowest BCUT2D eigenvalue weighted by molar-refractivity contribution is 0.0833. The van der Waals surface area contributed by atoms with Gasteiger partial charge >= 0.3 is 0 Å². The van der Waals surface area contributed by atoms with Gasteiger partial charge in [-0.05, 0) is 13.8 Å². The van der Waals surface area contributed by atoms with Gasteiger partial charge in [-0.3, -0.25) is 4.79 Å². The highest BCUT2D eigenvalue weighted by Crippen LogP contribution is 2.42. The van der Waals surface area contributed by atoms with Crippen LogP contribution in [0.15, 0.2) is 11.6 Å². The normalized spacial score (nSPS) is 9.95. The second kappa shape index (κ2) is 6.47. The average molecular weight is 283 g/mol. The molecule has 0 aliphatic heterocycles. The Hall–Kier alpha value is -1.69. The van der Waals surface area contributed by atoms with Crippen LogP contribution in [-0.2, 0) is 0 Å². The number of rotatable bonds is 5. The highest BCUT2D eigenvalue weighted by atomic mass is 32.1. The Kier molecular flexibility index (Phi) is 5.23. The van der Waals surface area contributed by atoms with Gasteiger partial charge < -0.3 is 20.7 Å². The molecule has 0 atom stereocenters. The van der Waals surface area contributed by atoms with E-state index in [4.69, 9.17) is 10.5 Å². The van der Waals surface area contributed by atoms with Gasteiger partial charge in [0, 0.05) is 20.6 Å². The third-order valence-corrected chi connectivity index (χ3v) is 3.61. The molecule has 0 aliphatic carbocycles. The van der Waals surface area contributed by atoms with Crippen LogP contribution in [0.3, 0.4) is 0 Å². The summed E-state index contributed by atoms with van der Waals surface area (Å²) in [5.74, 6) is 0.424. The monoisotopic (exact) mass is 283 g/mol.